The Hall–Kier alpha value is -0.980. The van der Waals surface area contributed by atoms with Gasteiger partial charge in [0.05, 0.1) is 7.11 Å². The lowest BCUT2D eigenvalue weighted by Gasteiger charge is -2.15. The molecule has 1 fully saturated rings. The molecule has 1 atom stereocenters. The third-order valence-corrected chi connectivity index (χ3v) is 4.10. The van der Waals surface area contributed by atoms with Crippen molar-refractivity contribution in [3.63, 3.8) is 0 Å². The Morgan fingerprint density at radius 3 is 2.52 bits per heavy atom. The van der Waals surface area contributed by atoms with E-state index in [1.807, 2.05) is 12.1 Å². The summed E-state index contributed by atoms with van der Waals surface area (Å²) in [4.78, 5) is 4.65. The maximum atomic E-state index is 5.20. The standard InChI is InChI=1S/C18H29N3O.HI/c1-4-19-18(21-13-15-5-6-15)20-12-11-14(2)16-7-9-17(22-3)10-8-16;/h7-10,14-15H,4-6,11-13H2,1-3H3,(H2,19,20,21);1H. The van der Waals surface area contributed by atoms with Crippen LogP contribution in [0.15, 0.2) is 29.3 Å². The normalized spacial score (nSPS) is 15.5. The van der Waals surface area contributed by atoms with Crippen molar-refractivity contribution >= 4 is 29.9 Å². The zero-order valence-corrected chi connectivity index (χ0v) is 16.8. The molecule has 1 aromatic rings. The van der Waals surface area contributed by atoms with Gasteiger partial charge in [0.1, 0.15) is 5.75 Å². The molecule has 1 aromatic carbocycles. The Morgan fingerprint density at radius 2 is 1.96 bits per heavy atom. The van der Waals surface area contributed by atoms with Crippen LogP contribution in [0.2, 0.25) is 0 Å². The minimum atomic E-state index is 0. The first-order valence-corrected chi connectivity index (χ1v) is 8.39. The van der Waals surface area contributed by atoms with Crippen LogP contribution in [0.3, 0.4) is 0 Å². The van der Waals surface area contributed by atoms with Crippen LogP contribution < -0.4 is 15.4 Å². The molecule has 0 heterocycles. The summed E-state index contributed by atoms with van der Waals surface area (Å²) in [7, 11) is 1.70. The molecule has 0 radical (unpaired) electrons. The number of halogens is 1. The van der Waals surface area contributed by atoms with E-state index in [0.717, 1.165) is 43.7 Å². The Labute approximate surface area is 157 Å². The van der Waals surface area contributed by atoms with Crippen molar-refractivity contribution in [2.75, 3.05) is 26.7 Å². The highest BCUT2D eigenvalue weighted by Crippen LogP contribution is 2.28. The van der Waals surface area contributed by atoms with Crippen LogP contribution in [0.4, 0.5) is 0 Å². The number of methoxy groups -OCH3 is 1. The molecule has 4 nitrogen and oxygen atoms in total. The molecule has 0 bridgehead atoms. The smallest absolute Gasteiger partial charge is 0.191 e. The molecule has 5 heteroatoms. The molecule has 2 N–H and O–H groups in total. The summed E-state index contributed by atoms with van der Waals surface area (Å²) in [6, 6.07) is 8.35. The van der Waals surface area contributed by atoms with Crippen molar-refractivity contribution < 1.29 is 4.74 Å². The van der Waals surface area contributed by atoms with Gasteiger partial charge in [0.25, 0.3) is 0 Å². The fourth-order valence-corrected chi connectivity index (χ4v) is 2.37. The largest absolute Gasteiger partial charge is 0.497 e. The van der Waals surface area contributed by atoms with Gasteiger partial charge in [-0.15, -0.1) is 24.0 Å². The molecular formula is C18H30IN3O. The van der Waals surface area contributed by atoms with E-state index in [0.29, 0.717) is 5.92 Å². The quantitative estimate of drug-likeness (QED) is 0.374. The lowest BCUT2D eigenvalue weighted by molar-refractivity contribution is 0.414. The van der Waals surface area contributed by atoms with Gasteiger partial charge in [-0.05, 0) is 55.7 Å². The first kappa shape index (κ1) is 20.1. The molecule has 0 spiro atoms. The van der Waals surface area contributed by atoms with Gasteiger partial charge in [-0.1, -0.05) is 19.1 Å². The van der Waals surface area contributed by atoms with Gasteiger partial charge >= 0.3 is 0 Å². The monoisotopic (exact) mass is 431 g/mol. The lowest BCUT2D eigenvalue weighted by Crippen LogP contribution is -2.38. The van der Waals surface area contributed by atoms with Crippen molar-refractivity contribution in [3.05, 3.63) is 29.8 Å². The predicted octanol–water partition coefficient (Wildman–Crippen LogP) is 3.77. The highest BCUT2D eigenvalue weighted by molar-refractivity contribution is 14.0. The highest BCUT2D eigenvalue weighted by Gasteiger charge is 2.20. The first-order valence-electron chi connectivity index (χ1n) is 8.39. The van der Waals surface area contributed by atoms with Gasteiger partial charge in [0.15, 0.2) is 5.96 Å². The third-order valence-electron chi connectivity index (χ3n) is 4.10. The number of ether oxygens (including phenoxy) is 1. The van der Waals surface area contributed by atoms with Crippen LogP contribution in [0.5, 0.6) is 5.75 Å². The van der Waals surface area contributed by atoms with Crippen LogP contribution >= 0.6 is 24.0 Å². The molecule has 1 unspecified atom stereocenters. The maximum absolute atomic E-state index is 5.20. The van der Waals surface area contributed by atoms with E-state index in [4.69, 9.17) is 4.74 Å². The number of nitrogens with one attached hydrogen (secondary N) is 2. The van der Waals surface area contributed by atoms with Gasteiger partial charge in [-0.3, -0.25) is 4.99 Å². The van der Waals surface area contributed by atoms with E-state index in [1.165, 1.54) is 18.4 Å². The van der Waals surface area contributed by atoms with E-state index in [1.54, 1.807) is 7.11 Å². The second-order valence-corrected chi connectivity index (χ2v) is 6.05. The molecule has 1 saturated carbocycles. The molecule has 0 aliphatic heterocycles. The highest BCUT2D eigenvalue weighted by atomic mass is 127. The zero-order chi connectivity index (χ0) is 15.8. The SMILES string of the molecule is CCNC(=NCC1CC1)NCCC(C)c1ccc(OC)cc1.I. The second-order valence-electron chi connectivity index (χ2n) is 6.05. The van der Waals surface area contributed by atoms with E-state index in [9.17, 15) is 0 Å². The average molecular weight is 431 g/mol. The number of hydrogen-bond acceptors (Lipinski definition) is 2. The summed E-state index contributed by atoms with van der Waals surface area (Å²) in [6.07, 6.45) is 3.77. The number of nitrogens with zero attached hydrogens (tertiary/aromatic N) is 1. The van der Waals surface area contributed by atoms with E-state index < -0.39 is 0 Å². The van der Waals surface area contributed by atoms with Crippen molar-refractivity contribution in [3.8, 4) is 5.75 Å². The number of rotatable bonds is 8. The van der Waals surface area contributed by atoms with E-state index in [2.05, 4.69) is 41.6 Å². The number of guanidine groups is 1. The fraction of sp³-hybridized carbons (Fsp3) is 0.611. The minimum absolute atomic E-state index is 0. The topological polar surface area (TPSA) is 45.7 Å². The number of hydrogen-bond donors (Lipinski definition) is 2. The summed E-state index contributed by atoms with van der Waals surface area (Å²) >= 11 is 0. The van der Waals surface area contributed by atoms with Crippen LogP contribution in [-0.2, 0) is 0 Å². The van der Waals surface area contributed by atoms with Crippen LogP contribution in [0, 0.1) is 5.92 Å². The van der Waals surface area contributed by atoms with Gasteiger partial charge in [-0.2, -0.15) is 0 Å². The van der Waals surface area contributed by atoms with Crippen LogP contribution in [-0.4, -0.2) is 32.7 Å². The molecule has 0 saturated heterocycles. The summed E-state index contributed by atoms with van der Waals surface area (Å²) in [5.74, 6) is 3.21. The Kier molecular flexibility index (Phi) is 9.36. The maximum Gasteiger partial charge on any atom is 0.191 e. The van der Waals surface area contributed by atoms with Crippen LogP contribution in [0.1, 0.15) is 44.6 Å². The van der Waals surface area contributed by atoms with Crippen molar-refractivity contribution in [1.29, 1.82) is 0 Å². The summed E-state index contributed by atoms with van der Waals surface area (Å²) < 4.78 is 5.20. The summed E-state index contributed by atoms with van der Waals surface area (Å²) in [6.45, 7) is 7.17. The molecular weight excluding hydrogens is 401 g/mol. The van der Waals surface area contributed by atoms with E-state index >= 15 is 0 Å². The lowest BCUT2D eigenvalue weighted by atomic mass is 9.98. The minimum Gasteiger partial charge on any atom is -0.497 e. The fourth-order valence-electron chi connectivity index (χ4n) is 2.37. The Bertz CT molecular complexity index is 472. The molecule has 1 aliphatic rings. The van der Waals surface area contributed by atoms with Gasteiger partial charge in [-0.25, -0.2) is 0 Å². The summed E-state index contributed by atoms with van der Waals surface area (Å²) in [5, 5.41) is 6.76. The van der Waals surface area contributed by atoms with Gasteiger partial charge < -0.3 is 15.4 Å². The molecule has 130 valence electrons. The van der Waals surface area contributed by atoms with E-state index in [-0.39, 0.29) is 24.0 Å². The first-order chi connectivity index (χ1) is 10.7. The third kappa shape index (κ3) is 7.42. The predicted molar refractivity (Wildman–Crippen MR) is 108 cm³/mol. The summed E-state index contributed by atoms with van der Waals surface area (Å²) in [5.41, 5.74) is 1.35. The molecule has 0 amide bonds. The molecule has 0 aromatic heterocycles. The Balaban J connectivity index is 0.00000264. The molecule has 2 rings (SSSR count). The van der Waals surface area contributed by atoms with Crippen LogP contribution in [0.25, 0.3) is 0 Å². The number of aliphatic imine (C=N–C) groups is 1. The Morgan fingerprint density at radius 1 is 1.26 bits per heavy atom. The van der Waals surface area contributed by atoms with Crippen molar-refractivity contribution in [1.82, 2.24) is 10.6 Å². The van der Waals surface area contributed by atoms with Crippen molar-refractivity contribution in [2.45, 2.75) is 39.0 Å². The average Bonchev–Trinajstić information content (AvgIpc) is 3.37. The van der Waals surface area contributed by atoms with Gasteiger partial charge in [0.2, 0.25) is 0 Å². The number of benzene rings is 1. The molecule has 1 aliphatic carbocycles. The molecule has 23 heavy (non-hydrogen) atoms. The second kappa shape index (κ2) is 10.7. The zero-order valence-electron chi connectivity index (χ0n) is 14.5. The van der Waals surface area contributed by atoms with Gasteiger partial charge in [0, 0.05) is 19.6 Å². The van der Waals surface area contributed by atoms with Crippen molar-refractivity contribution in [2.24, 2.45) is 10.9 Å².